The topological polar surface area (TPSA) is 8.17 Å². The van der Waals surface area contributed by atoms with Crippen molar-refractivity contribution in [2.75, 3.05) is 4.90 Å². The van der Waals surface area contributed by atoms with E-state index in [9.17, 15) is 0 Å². The summed E-state index contributed by atoms with van der Waals surface area (Å²) in [5.41, 5.74) is 7.07. The number of thiophene rings is 1. The molecule has 43 heavy (non-hydrogen) atoms. The van der Waals surface area contributed by atoms with Crippen molar-refractivity contribution in [3.63, 3.8) is 0 Å². The van der Waals surface area contributed by atoms with Crippen LogP contribution in [0.3, 0.4) is 0 Å². The molecule has 0 atom stereocenters. The minimum atomic E-state index is 1.14. The van der Waals surface area contributed by atoms with Crippen LogP contribution in [0.2, 0.25) is 0 Å². The first-order valence-electron chi connectivity index (χ1n) is 14.6. The van der Waals surface area contributed by atoms with E-state index in [0.717, 1.165) is 17.1 Å². The molecule has 0 amide bonds. The average Bonchev–Trinajstić information content (AvgIpc) is 3.63. The molecule has 0 spiro atoms. The van der Waals surface area contributed by atoms with Crippen molar-refractivity contribution >= 4 is 81.1 Å². The van der Waals surface area contributed by atoms with E-state index in [1.165, 1.54) is 58.4 Å². The smallest absolute Gasteiger partial charge is 0.0726 e. The fourth-order valence-corrected chi connectivity index (χ4v) is 8.01. The lowest BCUT2D eigenvalue weighted by Crippen LogP contribution is -2.09. The van der Waals surface area contributed by atoms with E-state index in [2.05, 4.69) is 167 Å². The number of rotatable bonds is 4. The lowest BCUT2D eigenvalue weighted by Gasteiger charge is -2.25. The molecule has 9 rings (SSSR count). The van der Waals surface area contributed by atoms with Crippen LogP contribution >= 0.6 is 11.3 Å². The Bertz CT molecular complexity index is 2400. The summed E-state index contributed by atoms with van der Waals surface area (Å²) in [5, 5.41) is 7.82. The van der Waals surface area contributed by atoms with E-state index in [-0.39, 0.29) is 0 Å². The highest BCUT2D eigenvalue weighted by molar-refractivity contribution is 7.27. The molecule has 0 saturated carbocycles. The van der Waals surface area contributed by atoms with Crippen LogP contribution in [0.1, 0.15) is 0 Å². The Kier molecular flexibility index (Phi) is 5.40. The summed E-state index contributed by atoms with van der Waals surface area (Å²) in [6.07, 6.45) is 0. The van der Waals surface area contributed by atoms with Gasteiger partial charge < -0.3 is 9.47 Å². The van der Waals surface area contributed by atoms with Gasteiger partial charge in [0.1, 0.15) is 0 Å². The minimum absolute atomic E-state index is 1.14. The van der Waals surface area contributed by atoms with Crippen LogP contribution in [-0.4, -0.2) is 4.57 Å². The number of para-hydroxylation sites is 3. The summed E-state index contributed by atoms with van der Waals surface area (Å²) in [6.45, 7) is 0. The quantitative estimate of drug-likeness (QED) is 0.206. The molecule has 7 aromatic carbocycles. The Hall–Kier alpha value is -5.38. The zero-order valence-electron chi connectivity index (χ0n) is 23.3. The van der Waals surface area contributed by atoms with Crippen molar-refractivity contribution in [3.8, 4) is 5.69 Å². The van der Waals surface area contributed by atoms with Crippen LogP contribution in [0.4, 0.5) is 17.1 Å². The molecule has 0 radical (unpaired) electrons. The maximum Gasteiger partial charge on any atom is 0.0726 e. The standard InChI is InChI=1S/C40H26N2S/c1-4-14-27(15-5-1)41(28-16-6-2-7-17-28)30-24-25-35-34(26-30)37-31-20-10-11-21-32(31)38-33-22-12-13-23-36(33)43-40(38)39(37)42(35)29-18-8-3-9-19-29/h1-26H. The molecule has 3 heteroatoms. The van der Waals surface area contributed by atoms with Gasteiger partial charge in [-0.25, -0.2) is 0 Å². The van der Waals surface area contributed by atoms with Crippen molar-refractivity contribution in [1.29, 1.82) is 0 Å². The van der Waals surface area contributed by atoms with Crippen LogP contribution < -0.4 is 4.90 Å². The first kappa shape index (κ1) is 24.2. The zero-order chi connectivity index (χ0) is 28.3. The van der Waals surface area contributed by atoms with Gasteiger partial charge in [0.2, 0.25) is 0 Å². The van der Waals surface area contributed by atoms with Gasteiger partial charge in [0.15, 0.2) is 0 Å². The molecule has 2 nitrogen and oxygen atoms in total. The number of hydrogen-bond donors (Lipinski definition) is 0. The monoisotopic (exact) mass is 566 g/mol. The molecule has 0 aliphatic rings. The first-order chi connectivity index (χ1) is 21.4. The van der Waals surface area contributed by atoms with Gasteiger partial charge in [0.05, 0.1) is 15.7 Å². The highest BCUT2D eigenvalue weighted by Crippen LogP contribution is 2.48. The van der Waals surface area contributed by atoms with Crippen molar-refractivity contribution in [2.24, 2.45) is 0 Å². The molecule has 0 aliphatic carbocycles. The van der Waals surface area contributed by atoms with Crippen LogP contribution in [0.15, 0.2) is 158 Å². The summed E-state index contributed by atoms with van der Waals surface area (Å²) in [6, 6.07) is 56.9. The minimum Gasteiger partial charge on any atom is -0.310 e. The predicted octanol–water partition coefficient (Wildman–Crippen LogP) is 11.8. The van der Waals surface area contributed by atoms with Gasteiger partial charge in [-0.15, -0.1) is 11.3 Å². The molecule has 0 aliphatic heterocycles. The number of nitrogens with zero attached hydrogens (tertiary/aromatic N) is 2. The SMILES string of the molecule is c1ccc(N(c2ccccc2)c2ccc3c(c2)c2c4ccccc4c4c5ccccc5sc4c2n3-c2ccccc2)cc1. The second-order valence-corrected chi connectivity index (χ2v) is 12.0. The highest BCUT2D eigenvalue weighted by Gasteiger charge is 2.23. The summed E-state index contributed by atoms with van der Waals surface area (Å²) in [5.74, 6) is 0. The second kappa shape index (κ2) is 9.59. The Morgan fingerprint density at radius 2 is 1.00 bits per heavy atom. The Balaban J connectivity index is 1.47. The Morgan fingerprint density at radius 3 is 1.67 bits per heavy atom. The molecule has 0 saturated heterocycles. The third kappa shape index (κ3) is 3.65. The van der Waals surface area contributed by atoms with E-state index < -0.39 is 0 Å². The third-order valence-corrected chi connectivity index (χ3v) is 9.71. The van der Waals surface area contributed by atoms with Gasteiger partial charge >= 0.3 is 0 Å². The molecular formula is C40H26N2S. The lowest BCUT2D eigenvalue weighted by atomic mass is 9.98. The normalized spacial score (nSPS) is 11.7. The van der Waals surface area contributed by atoms with E-state index >= 15 is 0 Å². The Morgan fingerprint density at radius 1 is 0.442 bits per heavy atom. The fourth-order valence-electron chi connectivity index (χ4n) is 6.75. The van der Waals surface area contributed by atoms with Crippen LogP contribution in [0, 0.1) is 0 Å². The van der Waals surface area contributed by atoms with Crippen molar-refractivity contribution in [3.05, 3.63) is 158 Å². The molecule has 0 fully saturated rings. The summed E-state index contributed by atoms with van der Waals surface area (Å²) >= 11 is 1.90. The number of benzene rings is 7. The van der Waals surface area contributed by atoms with Crippen molar-refractivity contribution in [2.45, 2.75) is 0 Å². The van der Waals surface area contributed by atoms with Gasteiger partial charge in [0.25, 0.3) is 0 Å². The highest BCUT2D eigenvalue weighted by atomic mass is 32.1. The van der Waals surface area contributed by atoms with Gasteiger partial charge in [-0.2, -0.15) is 0 Å². The molecule has 2 heterocycles. The molecule has 2 aromatic heterocycles. The van der Waals surface area contributed by atoms with Crippen molar-refractivity contribution in [1.82, 2.24) is 4.57 Å². The lowest BCUT2D eigenvalue weighted by molar-refractivity contribution is 1.19. The van der Waals surface area contributed by atoms with Gasteiger partial charge in [-0.05, 0) is 71.4 Å². The second-order valence-electron chi connectivity index (χ2n) is 11.0. The van der Waals surface area contributed by atoms with Crippen LogP contribution in [-0.2, 0) is 0 Å². The molecule has 202 valence electrons. The summed E-state index contributed by atoms with van der Waals surface area (Å²) < 4.78 is 5.13. The largest absolute Gasteiger partial charge is 0.310 e. The van der Waals surface area contributed by atoms with Gasteiger partial charge in [-0.1, -0.05) is 97.1 Å². The molecular weight excluding hydrogens is 541 g/mol. The summed E-state index contributed by atoms with van der Waals surface area (Å²) in [4.78, 5) is 2.35. The van der Waals surface area contributed by atoms with Crippen LogP contribution in [0.5, 0.6) is 0 Å². The summed E-state index contributed by atoms with van der Waals surface area (Å²) in [7, 11) is 0. The van der Waals surface area contributed by atoms with Gasteiger partial charge in [0, 0.05) is 49.0 Å². The average molecular weight is 567 g/mol. The maximum absolute atomic E-state index is 2.48. The van der Waals surface area contributed by atoms with E-state index in [1.807, 2.05) is 11.3 Å². The van der Waals surface area contributed by atoms with E-state index in [1.54, 1.807) is 0 Å². The number of hydrogen-bond acceptors (Lipinski definition) is 2. The van der Waals surface area contributed by atoms with Gasteiger partial charge in [-0.3, -0.25) is 0 Å². The van der Waals surface area contributed by atoms with Crippen LogP contribution in [0.25, 0.3) is 58.4 Å². The Labute approximate surface area is 253 Å². The molecule has 9 aromatic rings. The molecule has 0 bridgehead atoms. The zero-order valence-corrected chi connectivity index (χ0v) is 24.1. The predicted molar refractivity (Wildman–Crippen MR) is 186 cm³/mol. The first-order valence-corrected chi connectivity index (χ1v) is 15.4. The number of fused-ring (bicyclic) bond motifs is 10. The van der Waals surface area contributed by atoms with E-state index in [0.29, 0.717) is 0 Å². The van der Waals surface area contributed by atoms with E-state index in [4.69, 9.17) is 0 Å². The number of aromatic nitrogens is 1. The number of anilines is 3. The molecule has 0 unspecified atom stereocenters. The fraction of sp³-hybridized carbons (Fsp3) is 0. The maximum atomic E-state index is 2.48. The third-order valence-electron chi connectivity index (χ3n) is 8.53. The molecule has 0 N–H and O–H groups in total. The van der Waals surface area contributed by atoms with Crippen molar-refractivity contribution < 1.29 is 0 Å².